The molecule has 0 aromatic heterocycles. The number of hydrogen-bond donors (Lipinski definition) is 1. The lowest BCUT2D eigenvalue weighted by atomic mass is 10.1. The smallest absolute Gasteiger partial charge is 0.227 e. The highest BCUT2D eigenvalue weighted by atomic mass is 32.1. The lowest BCUT2D eigenvalue weighted by Gasteiger charge is -2.16. The Hall–Kier alpha value is -1.00. The fourth-order valence-electron chi connectivity index (χ4n) is 2.05. The quantitative estimate of drug-likeness (QED) is 0.830. The van der Waals surface area contributed by atoms with Crippen LogP contribution in [0, 0.1) is 0 Å². The molecule has 1 aliphatic rings. The van der Waals surface area contributed by atoms with Crippen LogP contribution in [0.4, 0.5) is 0 Å². The van der Waals surface area contributed by atoms with Crippen LogP contribution in [0.3, 0.4) is 0 Å². The Balaban J connectivity index is 1.91. The van der Waals surface area contributed by atoms with Gasteiger partial charge < -0.3 is 9.64 Å². The lowest BCUT2D eigenvalue weighted by Crippen LogP contribution is -2.31. The average molecular weight is 251 g/mol. The first-order chi connectivity index (χ1) is 8.19. The summed E-state index contributed by atoms with van der Waals surface area (Å²) in [6, 6.07) is 7.72. The highest BCUT2D eigenvalue weighted by molar-refractivity contribution is 7.80. The minimum Gasteiger partial charge on any atom is -0.380 e. The van der Waals surface area contributed by atoms with Crippen LogP contribution in [-0.4, -0.2) is 37.1 Å². The van der Waals surface area contributed by atoms with Gasteiger partial charge in [0, 0.05) is 25.1 Å². The van der Waals surface area contributed by atoms with Gasteiger partial charge in [-0.15, -0.1) is 12.6 Å². The number of carbonyl (C=O) groups excluding carboxylic acids is 1. The van der Waals surface area contributed by atoms with Crippen LogP contribution in [0.15, 0.2) is 29.2 Å². The van der Waals surface area contributed by atoms with Crippen LogP contribution in [0.25, 0.3) is 0 Å². The van der Waals surface area contributed by atoms with E-state index >= 15 is 0 Å². The van der Waals surface area contributed by atoms with Gasteiger partial charge in [-0.3, -0.25) is 4.79 Å². The molecule has 0 N–H and O–H groups in total. The van der Waals surface area contributed by atoms with Crippen molar-refractivity contribution in [3.63, 3.8) is 0 Å². The molecule has 0 aliphatic carbocycles. The highest BCUT2D eigenvalue weighted by Crippen LogP contribution is 2.14. The number of thiol groups is 1. The van der Waals surface area contributed by atoms with Gasteiger partial charge in [-0.05, 0) is 24.1 Å². The summed E-state index contributed by atoms with van der Waals surface area (Å²) in [6.45, 7) is 1.53. The number of methoxy groups -OCH3 is 1. The first-order valence-electron chi connectivity index (χ1n) is 5.77. The van der Waals surface area contributed by atoms with Gasteiger partial charge >= 0.3 is 0 Å². The molecule has 1 aliphatic heterocycles. The van der Waals surface area contributed by atoms with E-state index in [1.807, 2.05) is 29.2 Å². The molecule has 1 unspecified atom stereocenters. The Morgan fingerprint density at radius 3 is 2.76 bits per heavy atom. The van der Waals surface area contributed by atoms with E-state index in [4.69, 9.17) is 4.74 Å². The summed E-state index contributed by atoms with van der Waals surface area (Å²) in [5.41, 5.74) is 1.04. The van der Waals surface area contributed by atoms with Gasteiger partial charge in [-0.25, -0.2) is 0 Å². The summed E-state index contributed by atoms with van der Waals surface area (Å²) in [6.07, 6.45) is 1.61. The molecule has 0 saturated carbocycles. The Bertz CT molecular complexity index is 391. The predicted octanol–water partition coefficient (Wildman–Crippen LogP) is 1.77. The standard InChI is InChI=1S/C13H17NO2S/c1-16-11-6-7-14(9-11)13(15)8-10-2-4-12(17)5-3-10/h2-5,11,17H,6-9H2,1H3. The third-order valence-electron chi connectivity index (χ3n) is 3.12. The van der Waals surface area contributed by atoms with E-state index in [9.17, 15) is 4.79 Å². The molecule has 3 nitrogen and oxygen atoms in total. The van der Waals surface area contributed by atoms with E-state index in [1.165, 1.54) is 0 Å². The summed E-state index contributed by atoms with van der Waals surface area (Å²) < 4.78 is 5.25. The van der Waals surface area contributed by atoms with Gasteiger partial charge in [0.25, 0.3) is 0 Å². The molecule has 1 aromatic rings. The molecule has 0 radical (unpaired) electrons. The normalized spacial score (nSPS) is 19.6. The van der Waals surface area contributed by atoms with Crippen molar-refractivity contribution in [2.45, 2.75) is 23.8 Å². The largest absolute Gasteiger partial charge is 0.380 e. The molecule has 1 fully saturated rings. The maximum atomic E-state index is 12.0. The fraction of sp³-hybridized carbons (Fsp3) is 0.462. The van der Waals surface area contributed by atoms with Crippen molar-refractivity contribution in [2.24, 2.45) is 0 Å². The topological polar surface area (TPSA) is 29.5 Å². The summed E-state index contributed by atoms with van der Waals surface area (Å²) >= 11 is 4.22. The second-order valence-electron chi connectivity index (χ2n) is 4.33. The second-order valence-corrected chi connectivity index (χ2v) is 4.85. The summed E-state index contributed by atoms with van der Waals surface area (Å²) in [4.78, 5) is 14.8. The molecule has 1 saturated heterocycles. The number of likely N-dealkylation sites (tertiary alicyclic amines) is 1. The van der Waals surface area contributed by atoms with E-state index in [0.717, 1.165) is 30.0 Å². The van der Waals surface area contributed by atoms with Crippen molar-refractivity contribution in [1.82, 2.24) is 4.90 Å². The van der Waals surface area contributed by atoms with E-state index in [1.54, 1.807) is 7.11 Å². The minimum atomic E-state index is 0.177. The summed E-state index contributed by atoms with van der Waals surface area (Å²) in [5, 5.41) is 0. The minimum absolute atomic E-state index is 0.177. The van der Waals surface area contributed by atoms with Gasteiger partial charge in [0.2, 0.25) is 5.91 Å². The molecular formula is C13H17NO2S. The average Bonchev–Trinajstić information content (AvgIpc) is 2.81. The monoisotopic (exact) mass is 251 g/mol. The summed E-state index contributed by atoms with van der Waals surface area (Å²) in [5.74, 6) is 0.177. The molecule has 2 rings (SSSR count). The predicted molar refractivity (Wildman–Crippen MR) is 69.4 cm³/mol. The van der Waals surface area contributed by atoms with E-state index in [0.29, 0.717) is 6.42 Å². The number of nitrogens with zero attached hydrogens (tertiary/aromatic N) is 1. The number of carbonyl (C=O) groups is 1. The maximum Gasteiger partial charge on any atom is 0.227 e. The lowest BCUT2D eigenvalue weighted by molar-refractivity contribution is -0.129. The number of amides is 1. The first-order valence-corrected chi connectivity index (χ1v) is 6.22. The van der Waals surface area contributed by atoms with Crippen LogP contribution < -0.4 is 0 Å². The van der Waals surface area contributed by atoms with Gasteiger partial charge in [0.05, 0.1) is 12.5 Å². The molecule has 1 aromatic carbocycles. The van der Waals surface area contributed by atoms with Gasteiger partial charge in [0.1, 0.15) is 0 Å². The maximum absolute atomic E-state index is 12.0. The van der Waals surface area contributed by atoms with Crippen LogP contribution in [0.5, 0.6) is 0 Å². The Morgan fingerprint density at radius 1 is 1.47 bits per heavy atom. The zero-order valence-electron chi connectivity index (χ0n) is 9.93. The van der Waals surface area contributed by atoms with Crippen molar-refractivity contribution in [3.8, 4) is 0 Å². The number of ether oxygens (including phenoxy) is 1. The number of hydrogen-bond acceptors (Lipinski definition) is 3. The molecule has 1 amide bonds. The van der Waals surface area contributed by atoms with Crippen molar-refractivity contribution < 1.29 is 9.53 Å². The summed E-state index contributed by atoms with van der Waals surface area (Å²) in [7, 11) is 1.70. The molecule has 0 spiro atoms. The molecule has 0 bridgehead atoms. The zero-order chi connectivity index (χ0) is 12.3. The molecule has 1 atom stereocenters. The van der Waals surface area contributed by atoms with Gasteiger partial charge in [-0.1, -0.05) is 12.1 Å². The molecule has 1 heterocycles. The van der Waals surface area contributed by atoms with Gasteiger partial charge in [0.15, 0.2) is 0 Å². The highest BCUT2D eigenvalue weighted by Gasteiger charge is 2.25. The van der Waals surface area contributed by atoms with E-state index < -0.39 is 0 Å². The van der Waals surface area contributed by atoms with Crippen molar-refractivity contribution >= 4 is 18.5 Å². The van der Waals surface area contributed by atoms with Crippen LogP contribution in [0.2, 0.25) is 0 Å². The molecule has 92 valence electrons. The first kappa shape index (κ1) is 12.5. The number of benzene rings is 1. The van der Waals surface area contributed by atoms with E-state index in [2.05, 4.69) is 12.6 Å². The zero-order valence-corrected chi connectivity index (χ0v) is 10.8. The van der Waals surface area contributed by atoms with Gasteiger partial charge in [-0.2, -0.15) is 0 Å². The molecular weight excluding hydrogens is 234 g/mol. The Morgan fingerprint density at radius 2 is 2.18 bits per heavy atom. The number of rotatable bonds is 3. The fourth-order valence-corrected chi connectivity index (χ4v) is 2.20. The van der Waals surface area contributed by atoms with Crippen molar-refractivity contribution in [2.75, 3.05) is 20.2 Å². The van der Waals surface area contributed by atoms with Crippen molar-refractivity contribution in [1.29, 1.82) is 0 Å². The van der Waals surface area contributed by atoms with E-state index in [-0.39, 0.29) is 12.0 Å². The third kappa shape index (κ3) is 3.23. The molecule has 4 heteroatoms. The molecule has 17 heavy (non-hydrogen) atoms. The Kier molecular flexibility index (Phi) is 4.07. The third-order valence-corrected chi connectivity index (χ3v) is 3.42. The van der Waals surface area contributed by atoms with Crippen molar-refractivity contribution in [3.05, 3.63) is 29.8 Å². The van der Waals surface area contributed by atoms with Crippen LogP contribution >= 0.6 is 12.6 Å². The van der Waals surface area contributed by atoms with Crippen LogP contribution in [-0.2, 0) is 16.0 Å². The second kappa shape index (κ2) is 5.56. The Labute approximate surface area is 107 Å². The van der Waals surface area contributed by atoms with Crippen LogP contribution in [0.1, 0.15) is 12.0 Å². The SMILES string of the molecule is COC1CCN(C(=O)Cc2ccc(S)cc2)C1.